The fraction of sp³-hybridized carbons (Fsp3) is 0.778. The van der Waals surface area contributed by atoms with Crippen LogP contribution in [0, 0.1) is 17.8 Å². The molecule has 2 saturated carbocycles. The summed E-state index contributed by atoms with van der Waals surface area (Å²) in [6.45, 7) is 0. The Bertz CT molecular complexity index is 330. The van der Waals surface area contributed by atoms with E-state index in [2.05, 4.69) is 0 Å². The Hall–Kier alpha value is -1.14. The number of fused-ring (bicyclic) bond motifs is 1. The predicted octanol–water partition coefficient (Wildman–Crippen LogP) is -0.866. The number of carbonyl (C=O) groups is 2. The lowest BCUT2D eigenvalue weighted by molar-refractivity contribution is -0.146. The first-order valence-corrected chi connectivity index (χ1v) is 4.71. The molecule has 0 unspecified atom stereocenters. The van der Waals surface area contributed by atoms with E-state index in [0.29, 0.717) is 0 Å². The Morgan fingerprint density at radius 3 is 2.47 bits per heavy atom. The second kappa shape index (κ2) is 2.93. The molecule has 4 N–H and O–H groups in total. The average Bonchev–Trinajstić information content (AvgIpc) is 2.82. The third-order valence-electron chi connectivity index (χ3n) is 3.62. The second-order valence-corrected chi connectivity index (χ2v) is 4.29. The average molecular weight is 215 g/mol. The van der Waals surface area contributed by atoms with E-state index in [4.69, 9.17) is 20.7 Å². The molecule has 0 bridgehead atoms. The van der Waals surface area contributed by atoms with Gasteiger partial charge < -0.3 is 20.7 Å². The van der Waals surface area contributed by atoms with Gasteiger partial charge >= 0.3 is 11.9 Å². The molecule has 0 aromatic rings. The summed E-state index contributed by atoms with van der Waals surface area (Å²) in [6.07, 6.45) is -0.157. The summed E-state index contributed by atoms with van der Waals surface area (Å²) in [5.41, 5.74) is 4.30. The van der Waals surface area contributed by atoms with Crippen molar-refractivity contribution >= 4 is 11.9 Å². The normalized spacial score (nSPS) is 47.3. The van der Waals surface area contributed by atoms with Crippen LogP contribution in [-0.2, 0) is 14.3 Å². The van der Waals surface area contributed by atoms with Gasteiger partial charge in [-0.1, -0.05) is 0 Å². The van der Waals surface area contributed by atoms with Gasteiger partial charge in [0.15, 0.2) is 0 Å². The molecule has 6 nitrogen and oxygen atoms in total. The smallest absolute Gasteiger partial charge is 0.324 e. The number of ether oxygens (including phenoxy) is 1. The van der Waals surface area contributed by atoms with Gasteiger partial charge in [0.25, 0.3) is 0 Å². The standard InChI is InChI=1S/C9H13NO5/c1-15-3-2-9(10,8(13)14)6-4(3)5(6)7(11)12/h3-6H,2,10H2,1H3,(H,11,12)(H,13,14)/t3-,4-,5-,6-,9-/m0/s1. The minimum absolute atomic E-state index is 0.192. The molecule has 0 radical (unpaired) electrons. The summed E-state index contributed by atoms with van der Waals surface area (Å²) in [5.74, 6) is -3.51. The van der Waals surface area contributed by atoms with Crippen LogP contribution < -0.4 is 5.73 Å². The second-order valence-electron chi connectivity index (χ2n) is 4.29. The summed E-state index contributed by atoms with van der Waals surface area (Å²) >= 11 is 0. The van der Waals surface area contributed by atoms with E-state index >= 15 is 0 Å². The highest BCUT2D eigenvalue weighted by Gasteiger charge is 2.74. The third-order valence-corrected chi connectivity index (χ3v) is 3.62. The number of methoxy groups -OCH3 is 1. The summed E-state index contributed by atoms with van der Waals surface area (Å²) in [4.78, 5) is 21.9. The minimum atomic E-state index is -1.44. The Labute approximate surface area is 86.0 Å². The third kappa shape index (κ3) is 1.18. The zero-order valence-electron chi connectivity index (χ0n) is 8.21. The topological polar surface area (TPSA) is 110 Å². The maximum Gasteiger partial charge on any atom is 0.324 e. The van der Waals surface area contributed by atoms with Crippen molar-refractivity contribution in [3.05, 3.63) is 0 Å². The SMILES string of the molecule is CO[C@H]1C[C@@](N)(C(=O)O)[C@@H]2[C@@H](C(=O)O)[C@@H]21. The van der Waals surface area contributed by atoms with Gasteiger partial charge in [-0.05, 0) is 0 Å². The maximum atomic E-state index is 11.0. The van der Waals surface area contributed by atoms with Crippen LogP contribution in [-0.4, -0.2) is 40.9 Å². The van der Waals surface area contributed by atoms with Crippen LogP contribution in [0.5, 0.6) is 0 Å². The van der Waals surface area contributed by atoms with Crippen LogP contribution in [0.2, 0.25) is 0 Å². The largest absolute Gasteiger partial charge is 0.481 e. The van der Waals surface area contributed by atoms with Crippen LogP contribution in [0.3, 0.4) is 0 Å². The summed E-state index contributed by atoms with van der Waals surface area (Å²) in [6, 6.07) is 0. The van der Waals surface area contributed by atoms with Gasteiger partial charge in [0.1, 0.15) is 5.54 Å². The highest BCUT2D eigenvalue weighted by atomic mass is 16.5. The van der Waals surface area contributed by atoms with Crippen molar-refractivity contribution in [1.82, 2.24) is 0 Å². The lowest BCUT2D eigenvalue weighted by Gasteiger charge is -2.23. The van der Waals surface area contributed by atoms with Crippen molar-refractivity contribution in [2.45, 2.75) is 18.1 Å². The molecule has 0 heterocycles. The van der Waals surface area contributed by atoms with Crippen LogP contribution in [0.15, 0.2) is 0 Å². The van der Waals surface area contributed by atoms with Crippen LogP contribution in [0.25, 0.3) is 0 Å². The van der Waals surface area contributed by atoms with Crippen LogP contribution in [0.1, 0.15) is 6.42 Å². The number of aliphatic carboxylic acids is 2. The number of carboxylic acids is 2. The van der Waals surface area contributed by atoms with Crippen molar-refractivity contribution in [2.75, 3.05) is 7.11 Å². The quantitative estimate of drug-likeness (QED) is 0.564. The fourth-order valence-electron chi connectivity index (χ4n) is 2.85. The van der Waals surface area contributed by atoms with Gasteiger partial charge in [-0.25, -0.2) is 0 Å². The summed E-state index contributed by atoms with van der Waals surface area (Å²) in [5, 5.41) is 17.9. The Kier molecular flexibility index (Phi) is 2.03. The molecule has 2 fully saturated rings. The lowest BCUT2D eigenvalue weighted by atomic mass is 9.91. The molecule has 0 spiro atoms. The first-order chi connectivity index (χ1) is 6.93. The summed E-state index contributed by atoms with van der Waals surface area (Å²) in [7, 11) is 1.45. The molecule has 0 saturated heterocycles. The van der Waals surface area contributed by atoms with Crippen LogP contribution >= 0.6 is 0 Å². The highest BCUT2D eigenvalue weighted by molar-refractivity contribution is 5.85. The number of carboxylic acid groups (broad SMARTS) is 2. The van der Waals surface area contributed by atoms with E-state index in [1.54, 1.807) is 0 Å². The number of hydrogen-bond acceptors (Lipinski definition) is 4. The minimum Gasteiger partial charge on any atom is -0.481 e. The molecule has 0 aliphatic heterocycles. The van der Waals surface area contributed by atoms with Gasteiger partial charge in [-0.3, -0.25) is 9.59 Å². The van der Waals surface area contributed by atoms with Gasteiger partial charge in [0.2, 0.25) is 0 Å². The van der Waals surface area contributed by atoms with Crippen molar-refractivity contribution in [3.63, 3.8) is 0 Å². The molecule has 84 valence electrons. The Morgan fingerprint density at radius 2 is 2.07 bits per heavy atom. The first kappa shape index (κ1) is 10.4. The van der Waals surface area contributed by atoms with Gasteiger partial charge in [0, 0.05) is 25.4 Å². The Morgan fingerprint density at radius 1 is 1.47 bits per heavy atom. The number of nitrogens with two attached hydrogens (primary N) is 1. The molecule has 0 amide bonds. The van der Waals surface area contributed by atoms with E-state index < -0.39 is 29.3 Å². The fourth-order valence-corrected chi connectivity index (χ4v) is 2.85. The monoisotopic (exact) mass is 215 g/mol. The Balaban J connectivity index is 2.26. The number of rotatable bonds is 3. The molecule has 0 aromatic heterocycles. The molecule has 6 heteroatoms. The first-order valence-electron chi connectivity index (χ1n) is 4.71. The molecule has 0 aromatic carbocycles. The van der Waals surface area contributed by atoms with Crippen molar-refractivity contribution in [3.8, 4) is 0 Å². The lowest BCUT2D eigenvalue weighted by Crippen LogP contribution is -2.50. The van der Waals surface area contributed by atoms with E-state index in [1.165, 1.54) is 7.11 Å². The van der Waals surface area contributed by atoms with E-state index in [1.807, 2.05) is 0 Å². The molecule has 5 atom stereocenters. The number of hydrogen-bond donors (Lipinski definition) is 3. The van der Waals surface area contributed by atoms with Crippen molar-refractivity contribution in [1.29, 1.82) is 0 Å². The zero-order chi connectivity index (χ0) is 11.4. The van der Waals surface area contributed by atoms with Crippen LogP contribution in [0.4, 0.5) is 0 Å². The van der Waals surface area contributed by atoms with Crippen molar-refractivity contribution < 1.29 is 24.5 Å². The molecule has 2 aliphatic carbocycles. The van der Waals surface area contributed by atoms with Gasteiger partial charge in [-0.15, -0.1) is 0 Å². The molecule has 2 rings (SSSR count). The molecular weight excluding hydrogens is 202 g/mol. The highest BCUT2D eigenvalue weighted by Crippen LogP contribution is 2.62. The molecular formula is C9H13NO5. The zero-order valence-corrected chi connectivity index (χ0v) is 8.21. The molecule has 15 heavy (non-hydrogen) atoms. The van der Waals surface area contributed by atoms with Gasteiger partial charge in [-0.2, -0.15) is 0 Å². The molecule has 2 aliphatic rings. The maximum absolute atomic E-state index is 11.0. The predicted molar refractivity (Wildman–Crippen MR) is 48.1 cm³/mol. The van der Waals surface area contributed by atoms with Crippen molar-refractivity contribution in [2.24, 2.45) is 23.5 Å². The van der Waals surface area contributed by atoms with Gasteiger partial charge in [0.05, 0.1) is 12.0 Å². The van der Waals surface area contributed by atoms with E-state index in [9.17, 15) is 9.59 Å². The van der Waals surface area contributed by atoms with E-state index in [0.717, 1.165) is 0 Å². The van der Waals surface area contributed by atoms with E-state index in [-0.39, 0.29) is 18.4 Å². The summed E-state index contributed by atoms with van der Waals surface area (Å²) < 4.78 is 5.08.